The molecule has 1 aromatic carbocycles. The lowest BCUT2D eigenvalue weighted by Crippen LogP contribution is -2.28. The fourth-order valence-corrected chi connectivity index (χ4v) is 3.96. The van der Waals surface area contributed by atoms with Crippen LogP contribution in [0.25, 0.3) is 0 Å². The first-order valence-corrected chi connectivity index (χ1v) is 8.03. The Morgan fingerprint density at radius 3 is 2.89 bits per heavy atom. The van der Waals surface area contributed by atoms with Gasteiger partial charge in [0.15, 0.2) is 0 Å². The van der Waals surface area contributed by atoms with Gasteiger partial charge in [-0.15, -0.1) is 11.8 Å². The van der Waals surface area contributed by atoms with Crippen LogP contribution in [-0.2, 0) is 4.84 Å². The van der Waals surface area contributed by atoms with Crippen molar-refractivity contribution in [2.24, 2.45) is 0 Å². The highest BCUT2D eigenvalue weighted by molar-refractivity contribution is 7.99. The van der Waals surface area contributed by atoms with Crippen LogP contribution in [0.3, 0.4) is 0 Å². The van der Waals surface area contributed by atoms with Crippen molar-refractivity contribution in [3.63, 3.8) is 0 Å². The molecule has 0 spiro atoms. The van der Waals surface area contributed by atoms with Crippen molar-refractivity contribution in [3.8, 4) is 0 Å². The monoisotopic (exact) mass is 283 g/mol. The predicted octanol–water partition coefficient (Wildman–Crippen LogP) is 4.34. The second-order valence-electron chi connectivity index (χ2n) is 5.01. The number of halogens is 1. The topological polar surface area (TPSA) is 21.3 Å². The highest BCUT2D eigenvalue weighted by atomic mass is 35.5. The van der Waals surface area contributed by atoms with Crippen LogP contribution < -0.4 is 5.48 Å². The molecule has 1 aliphatic heterocycles. The minimum Gasteiger partial charge on any atom is -0.298 e. The molecule has 2 aliphatic rings. The summed E-state index contributed by atoms with van der Waals surface area (Å²) in [6.07, 6.45) is 6.49. The molecule has 0 amide bonds. The molecule has 4 heteroatoms. The third kappa shape index (κ3) is 2.85. The van der Waals surface area contributed by atoms with Gasteiger partial charge in [-0.3, -0.25) is 4.84 Å². The number of hydroxylamine groups is 1. The molecule has 0 aromatic heterocycles. The fraction of sp³-hybridized carbons (Fsp3) is 0.571. The molecule has 2 nitrogen and oxygen atoms in total. The lowest BCUT2D eigenvalue weighted by atomic mass is 10.0. The minimum atomic E-state index is 0.292. The van der Waals surface area contributed by atoms with Gasteiger partial charge in [-0.2, -0.15) is 5.48 Å². The number of nitrogens with one attached hydrogen (secondary N) is 1. The number of rotatable bonds is 3. The number of fused-ring (bicyclic) bond motifs is 1. The molecule has 1 heterocycles. The van der Waals surface area contributed by atoms with Crippen LogP contribution in [-0.4, -0.2) is 11.9 Å². The van der Waals surface area contributed by atoms with Gasteiger partial charge in [0.25, 0.3) is 0 Å². The molecule has 1 atom stereocenters. The van der Waals surface area contributed by atoms with Crippen LogP contribution >= 0.6 is 23.4 Å². The SMILES string of the molecule is Clc1ccc2c(c1)C(NOC1CCCC1)CCS2. The predicted molar refractivity (Wildman–Crippen MR) is 76.0 cm³/mol. The molecule has 0 bridgehead atoms. The molecule has 1 aliphatic carbocycles. The summed E-state index contributed by atoms with van der Waals surface area (Å²) in [5.41, 5.74) is 4.56. The van der Waals surface area contributed by atoms with Crippen molar-refractivity contribution >= 4 is 23.4 Å². The van der Waals surface area contributed by atoms with E-state index in [0.29, 0.717) is 12.1 Å². The number of benzene rings is 1. The van der Waals surface area contributed by atoms with Crippen molar-refractivity contribution in [1.29, 1.82) is 0 Å². The summed E-state index contributed by atoms with van der Waals surface area (Å²) < 4.78 is 0. The van der Waals surface area contributed by atoms with Crippen LogP contribution in [0.5, 0.6) is 0 Å². The zero-order chi connectivity index (χ0) is 12.4. The van der Waals surface area contributed by atoms with Crippen molar-refractivity contribution < 1.29 is 4.84 Å². The summed E-state index contributed by atoms with van der Waals surface area (Å²) in [5, 5.41) is 0.809. The molecule has 1 fully saturated rings. The standard InChI is InChI=1S/C14H18ClNOS/c15-10-5-6-14-12(9-10)13(7-8-18-14)16-17-11-3-1-2-4-11/h5-6,9,11,13,16H,1-4,7-8H2. The smallest absolute Gasteiger partial charge is 0.0790 e. The van der Waals surface area contributed by atoms with E-state index in [1.807, 2.05) is 17.8 Å². The van der Waals surface area contributed by atoms with Gasteiger partial charge in [0.05, 0.1) is 12.1 Å². The van der Waals surface area contributed by atoms with E-state index in [4.69, 9.17) is 16.4 Å². The first-order chi connectivity index (χ1) is 8.83. The largest absolute Gasteiger partial charge is 0.298 e. The quantitative estimate of drug-likeness (QED) is 0.834. The average Bonchev–Trinajstić information content (AvgIpc) is 2.89. The second kappa shape index (κ2) is 5.83. The van der Waals surface area contributed by atoms with E-state index in [2.05, 4.69) is 17.6 Å². The maximum absolute atomic E-state index is 6.09. The Hall–Kier alpha value is -0.220. The Bertz CT molecular complexity index is 420. The molecular weight excluding hydrogens is 266 g/mol. The molecule has 98 valence electrons. The van der Waals surface area contributed by atoms with E-state index in [9.17, 15) is 0 Å². The summed E-state index contributed by atoms with van der Waals surface area (Å²) in [6, 6.07) is 6.44. The van der Waals surface area contributed by atoms with Crippen LogP contribution in [0.4, 0.5) is 0 Å². The van der Waals surface area contributed by atoms with Gasteiger partial charge in [-0.25, -0.2) is 0 Å². The number of hydrogen-bond acceptors (Lipinski definition) is 3. The van der Waals surface area contributed by atoms with E-state index >= 15 is 0 Å². The zero-order valence-corrected chi connectivity index (χ0v) is 11.9. The lowest BCUT2D eigenvalue weighted by Gasteiger charge is -2.27. The Balaban J connectivity index is 1.68. The molecule has 3 rings (SSSR count). The van der Waals surface area contributed by atoms with E-state index in [1.165, 1.54) is 36.1 Å². The van der Waals surface area contributed by atoms with Gasteiger partial charge in [-0.05, 0) is 48.8 Å². The number of thioether (sulfide) groups is 1. The molecule has 18 heavy (non-hydrogen) atoms. The maximum atomic E-state index is 6.09. The molecule has 1 N–H and O–H groups in total. The Morgan fingerprint density at radius 2 is 2.06 bits per heavy atom. The van der Waals surface area contributed by atoms with Crippen LogP contribution in [0.2, 0.25) is 5.02 Å². The van der Waals surface area contributed by atoms with E-state index < -0.39 is 0 Å². The van der Waals surface area contributed by atoms with Crippen LogP contribution in [0, 0.1) is 0 Å². The summed E-state index contributed by atoms with van der Waals surface area (Å²) >= 11 is 8.00. The fourth-order valence-electron chi connectivity index (χ4n) is 2.67. The maximum Gasteiger partial charge on any atom is 0.0790 e. The highest BCUT2D eigenvalue weighted by Gasteiger charge is 2.23. The molecule has 1 saturated carbocycles. The van der Waals surface area contributed by atoms with Crippen molar-refractivity contribution in [2.75, 3.05) is 5.75 Å². The molecule has 0 radical (unpaired) electrons. The molecule has 1 unspecified atom stereocenters. The Kier molecular flexibility index (Phi) is 4.14. The first kappa shape index (κ1) is 12.8. The third-order valence-corrected chi connectivity index (χ3v) is 5.05. The van der Waals surface area contributed by atoms with Gasteiger partial charge in [0.1, 0.15) is 0 Å². The Morgan fingerprint density at radius 1 is 1.22 bits per heavy atom. The van der Waals surface area contributed by atoms with E-state index in [-0.39, 0.29) is 0 Å². The van der Waals surface area contributed by atoms with E-state index in [0.717, 1.165) is 17.2 Å². The van der Waals surface area contributed by atoms with Crippen molar-refractivity contribution in [3.05, 3.63) is 28.8 Å². The number of hydrogen-bond donors (Lipinski definition) is 1. The summed E-state index contributed by atoms with van der Waals surface area (Å²) in [6.45, 7) is 0. The average molecular weight is 284 g/mol. The second-order valence-corrected chi connectivity index (χ2v) is 6.59. The highest BCUT2D eigenvalue weighted by Crippen LogP contribution is 2.37. The van der Waals surface area contributed by atoms with E-state index in [1.54, 1.807) is 0 Å². The minimum absolute atomic E-state index is 0.292. The summed E-state index contributed by atoms with van der Waals surface area (Å²) in [5.74, 6) is 1.14. The van der Waals surface area contributed by atoms with Crippen LogP contribution in [0.1, 0.15) is 43.7 Å². The third-order valence-electron chi connectivity index (χ3n) is 3.69. The van der Waals surface area contributed by atoms with Gasteiger partial charge in [-0.1, -0.05) is 24.4 Å². The van der Waals surface area contributed by atoms with Gasteiger partial charge in [0.2, 0.25) is 0 Å². The lowest BCUT2D eigenvalue weighted by molar-refractivity contribution is -0.0420. The molecular formula is C14H18ClNOS. The molecule has 0 saturated heterocycles. The van der Waals surface area contributed by atoms with Crippen LogP contribution in [0.15, 0.2) is 23.1 Å². The van der Waals surface area contributed by atoms with Gasteiger partial charge < -0.3 is 0 Å². The summed E-state index contributed by atoms with van der Waals surface area (Å²) in [4.78, 5) is 7.17. The zero-order valence-electron chi connectivity index (χ0n) is 10.3. The first-order valence-electron chi connectivity index (χ1n) is 6.66. The van der Waals surface area contributed by atoms with Gasteiger partial charge in [0, 0.05) is 9.92 Å². The van der Waals surface area contributed by atoms with Crippen molar-refractivity contribution in [2.45, 2.75) is 49.1 Å². The Labute approximate surface area is 117 Å². The normalized spacial score (nSPS) is 24.2. The summed E-state index contributed by atoms with van der Waals surface area (Å²) in [7, 11) is 0. The molecule has 1 aromatic rings. The van der Waals surface area contributed by atoms with Crippen molar-refractivity contribution in [1.82, 2.24) is 5.48 Å². The van der Waals surface area contributed by atoms with Gasteiger partial charge >= 0.3 is 0 Å².